The first kappa shape index (κ1) is 12.5. The van der Waals surface area contributed by atoms with Crippen LogP contribution in [-0.4, -0.2) is 16.9 Å². The first-order valence-corrected chi connectivity index (χ1v) is 5.17. The Balaban J connectivity index is 2.41. The van der Waals surface area contributed by atoms with Crippen LogP contribution in [-0.2, 0) is 13.2 Å². The number of rotatable bonds is 2. The number of methoxy groups -OCH3 is 1. The maximum atomic E-state index is 12.5. The third-order valence-electron chi connectivity index (χ3n) is 2.56. The largest absolute Gasteiger partial charge is 0.497 e. The Morgan fingerprint density at radius 2 is 1.78 bits per heavy atom. The average molecular weight is 256 g/mol. The Bertz CT molecular complexity index is 543. The number of aromatic nitrogens is 2. The fourth-order valence-corrected chi connectivity index (χ4v) is 1.64. The minimum atomic E-state index is -4.43. The van der Waals surface area contributed by atoms with Crippen molar-refractivity contribution in [2.75, 3.05) is 7.11 Å². The molecule has 96 valence electrons. The molecule has 0 saturated carbocycles. The summed E-state index contributed by atoms with van der Waals surface area (Å²) < 4.78 is 43.8. The molecule has 0 aliphatic rings. The molecule has 1 aromatic heterocycles. The van der Waals surface area contributed by atoms with E-state index in [9.17, 15) is 13.2 Å². The predicted octanol–water partition coefficient (Wildman–Crippen LogP) is 3.11. The molecule has 6 heteroatoms. The minimum absolute atomic E-state index is 0.407. The number of aryl methyl sites for hydroxylation is 1. The van der Waals surface area contributed by atoms with Crippen molar-refractivity contribution in [3.63, 3.8) is 0 Å². The molecule has 18 heavy (non-hydrogen) atoms. The molecule has 1 heterocycles. The maximum absolute atomic E-state index is 12.5. The van der Waals surface area contributed by atoms with Gasteiger partial charge in [0.25, 0.3) is 0 Å². The second-order valence-corrected chi connectivity index (χ2v) is 3.76. The third kappa shape index (κ3) is 2.32. The van der Waals surface area contributed by atoms with Crippen LogP contribution in [0.1, 0.15) is 5.69 Å². The van der Waals surface area contributed by atoms with Crippen LogP contribution >= 0.6 is 0 Å². The molecule has 0 aliphatic carbocycles. The van der Waals surface area contributed by atoms with E-state index in [2.05, 4.69) is 5.10 Å². The summed E-state index contributed by atoms with van der Waals surface area (Å²) in [6, 6.07) is 7.79. The van der Waals surface area contributed by atoms with Crippen LogP contribution in [0, 0.1) is 0 Å². The summed E-state index contributed by atoms with van der Waals surface area (Å²) >= 11 is 0. The van der Waals surface area contributed by atoms with E-state index in [4.69, 9.17) is 4.74 Å². The van der Waals surface area contributed by atoms with Gasteiger partial charge in [0.2, 0.25) is 0 Å². The quantitative estimate of drug-likeness (QED) is 0.825. The first-order chi connectivity index (χ1) is 8.41. The van der Waals surface area contributed by atoms with Gasteiger partial charge < -0.3 is 4.74 Å². The number of halogens is 3. The molecule has 2 rings (SSSR count). The van der Waals surface area contributed by atoms with Gasteiger partial charge in [-0.1, -0.05) is 0 Å². The van der Waals surface area contributed by atoms with E-state index < -0.39 is 11.9 Å². The summed E-state index contributed by atoms with van der Waals surface area (Å²) in [6.45, 7) is 0. The highest BCUT2D eigenvalue weighted by Gasteiger charge is 2.34. The van der Waals surface area contributed by atoms with Gasteiger partial charge in [0.15, 0.2) is 5.69 Å². The Hall–Kier alpha value is -1.98. The summed E-state index contributed by atoms with van der Waals surface area (Å²) in [5.74, 6) is 0.650. The summed E-state index contributed by atoms with van der Waals surface area (Å²) in [6.07, 6.45) is -4.43. The third-order valence-corrected chi connectivity index (χ3v) is 2.56. The molecule has 1 aromatic carbocycles. The summed E-state index contributed by atoms with van der Waals surface area (Å²) in [5, 5.41) is 3.46. The topological polar surface area (TPSA) is 27.1 Å². The molecule has 0 amide bonds. The number of benzene rings is 1. The lowest BCUT2D eigenvalue weighted by molar-refractivity contribution is -0.141. The molecule has 0 bridgehead atoms. The van der Waals surface area contributed by atoms with Crippen molar-refractivity contribution in [1.29, 1.82) is 0 Å². The fraction of sp³-hybridized carbons (Fsp3) is 0.250. The maximum Gasteiger partial charge on any atom is 0.435 e. The highest BCUT2D eigenvalue weighted by molar-refractivity contribution is 5.61. The molecular weight excluding hydrogens is 245 g/mol. The van der Waals surface area contributed by atoms with E-state index in [-0.39, 0.29) is 0 Å². The van der Waals surface area contributed by atoms with Crippen molar-refractivity contribution < 1.29 is 17.9 Å². The molecule has 0 N–H and O–H groups in total. The smallest absolute Gasteiger partial charge is 0.435 e. The number of alkyl halides is 3. The number of ether oxygens (including phenoxy) is 1. The van der Waals surface area contributed by atoms with E-state index in [1.54, 1.807) is 24.3 Å². The number of hydrogen-bond donors (Lipinski definition) is 0. The highest BCUT2D eigenvalue weighted by atomic mass is 19.4. The number of nitrogens with zero attached hydrogens (tertiary/aromatic N) is 2. The highest BCUT2D eigenvalue weighted by Crippen LogP contribution is 2.31. The molecule has 0 unspecified atom stereocenters. The Labute approximate surface area is 102 Å². The van der Waals surface area contributed by atoms with E-state index in [0.29, 0.717) is 17.0 Å². The molecule has 3 nitrogen and oxygen atoms in total. The van der Waals surface area contributed by atoms with E-state index >= 15 is 0 Å². The molecule has 0 atom stereocenters. The van der Waals surface area contributed by atoms with Crippen molar-refractivity contribution in [1.82, 2.24) is 9.78 Å². The first-order valence-electron chi connectivity index (χ1n) is 5.17. The molecule has 2 aromatic rings. The van der Waals surface area contributed by atoms with Gasteiger partial charge in [-0.25, -0.2) is 0 Å². The summed E-state index contributed by atoms with van der Waals surface area (Å²) in [5.41, 5.74) is 0.169. The zero-order valence-corrected chi connectivity index (χ0v) is 9.82. The van der Waals surface area contributed by atoms with E-state index in [1.807, 2.05) is 0 Å². The van der Waals surface area contributed by atoms with Crippen LogP contribution in [0.3, 0.4) is 0 Å². The molecule has 0 radical (unpaired) electrons. The van der Waals surface area contributed by atoms with Crippen LogP contribution in [0.25, 0.3) is 11.3 Å². The predicted molar refractivity (Wildman–Crippen MR) is 60.2 cm³/mol. The van der Waals surface area contributed by atoms with Crippen molar-refractivity contribution in [2.24, 2.45) is 7.05 Å². The van der Waals surface area contributed by atoms with Gasteiger partial charge in [-0.05, 0) is 30.3 Å². The SMILES string of the molecule is COc1ccc(-c2cc(C(F)(F)F)nn2C)cc1. The zero-order valence-electron chi connectivity index (χ0n) is 9.82. The van der Waals surface area contributed by atoms with Gasteiger partial charge in [0.1, 0.15) is 5.75 Å². The van der Waals surface area contributed by atoms with Crippen molar-refractivity contribution >= 4 is 0 Å². The van der Waals surface area contributed by atoms with Crippen LogP contribution in [0.15, 0.2) is 30.3 Å². The Morgan fingerprint density at radius 1 is 1.17 bits per heavy atom. The van der Waals surface area contributed by atoms with Gasteiger partial charge in [0.05, 0.1) is 12.8 Å². The second kappa shape index (κ2) is 4.36. The standard InChI is InChI=1S/C12H11F3N2O/c1-17-10(7-11(16-17)12(13,14)15)8-3-5-9(18-2)6-4-8/h3-7H,1-2H3. The van der Waals surface area contributed by atoms with Crippen LogP contribution < -0.4 is 4.74 Å². The molecular formula is C12H11F3N2O. The molecule has 0 aliphatic heterocycles. The molecule has 0 spiro atoms. The van der Waals surface area contributed by atoms with E-state index in [1.165, 1.54) is 18.8 Å². The van der Waals surface area contributed by atoms with Crippen molar-refractivity contribution in [3.8, 4) is 17.0 Å². The lowest BCUT2D eigenvalue weighted by Crippen LogP contribution is -2.06. The fourth-order valence-electron chi connectivity index (χ4n) is 1.64. The summed E-state index contributed by atoms with van der Waals surface area (Å²) in [7, 11) is 3.01. The second-order valence-electron chi connectivity index (χ2n) is 3.76. The lowest BCUT2D eigenvalue weighted by atomic mass is 10.1. The van der Waals surface area contributed by atoms with Gasteiger partial charge in [-0.3, -0.25) is 4.68 Å². The van der Waals surface area contributed by atoms with Gasteiger partial charge >= 0.3 is 6.18 Å². The van der Waals surface area contributed by atoms with Crippen LogP contribution in [0.5, 0.6) is 5.75 Å². The van der Waals surface area contributed by atoms with Gasteiger partial charge in [0, 0.05) is 12.6 Å². The van der Waals surface area contributed by atoms with Crippen molar-refractivity contribution in [2.45, 2.75) is 6.18 Å². The average Bonchev–Trinajstić information content (AvgIpc) is 2.71. The van der Waals surface area contributed by atoms with Crippen molar-refractivity contribution in [3.05, 3.63) is 36.0 Å². The van der Waals surface area contributed by atoms with E-state index in [0.717, 1.165) is 6.07 Å². The summed E-state index contributed by atoms with van der Waals surface area (Å²) in [4.78, 5) is 0. The normalized spacial score (nSPS) is 11.6. The zero-order chi connectivity index (χ0) is 13.3. The molecule has 0 saturated heterocycles. The minimum Gasteiger partial charge on any atom is -0.497 e. The monoisotopic (exact) mass is 256 g/mol. The van der Waals surface area contributed by atoms with Gasteiger partial charge in [-0.15, -0.1) is 0 Å². The lowest BCUT2D eigenvalue weighted by Gasteiger charge is -2.03. The van der Waals surface area contributed by atoms with Gasteiger partial charge in [-0.2, -0.15) is 18.3 Å². The van der Waals surface area contributed by atoms with Crippen LogP contribution in [0.2, 0.25) is 0 Å². The van der Waals surface area contributed by atoms with Crippen LogP contribution in [0.4, 0.5) is 13.2 Å². The Morgan fingerprint density at radius 3 is 2.22 bits per heavy atom. The Kier molecular flexibility index (Phi) is 3.02. The number of hydrogen-bond acceptors (Lipinski definition) is 2. The molecule has 0 fully saturated rings.